The maximum Gasteiger partial charge on any atom is -0.00181 e. The van der Waals surface area contributed by atoms with Crippen molar-refractivity contribution in [3.05, 3.63) is 0 Å². The van der Waals surface area contributed by atoms with Crippen molar-refractivity contribution >= 4 is 0 Å². The van der Waals surface area contributed by atoms with E-state index in [1.165, 1.54) is 32.2 Å². The minimum atomic E-state index is 0.880. The molecule has 0 heterocycles. The fourth-order valence-corrected chi connectivity index (χ4v) is 1.72. The molecule has 0 aliphatic rings. The number of unbranched alkanes of at least 4 members (excludes halogenated alkanes) is 1. The minimum absolute atomic E-state index is 0.880. The molecule has 0 saturated heterocycles. The zero-order valence-corrected chi connectivity index (χ0v) is 9.90. The van der Waals surface area contributed by atoms with E-state index in [4.69, 9.17) is 0 Å². The van der Waals surface area contributed by atoms with E-state index >= 15 is 0 Å². The van der Waals surface area contributed by atoms with Crippen LogP contribution in [0.25, 0.3) is 0 Å². The van der Waals surface area contributed by atoms with Gasteiger partial charge >= 0.3 is 0 Å². The van der Waals surface area contributed by atoms with Crippen LogP contribution in [0.2, 0.25) is 0 Å². The fourth-order valence-electron chi connectivity index (χ4n) is 1.72. The van der Waals surface area contributed by atoms with Gasteiger partial charge in [-0.25, -0.2) is 0 Å². The molecule has 1 heteroatoms. The Kier molecular flexibility index (Phi) is 8.53. The van der Waals surface area contributed by atoms with Crippen LogP contribution in [0.1, 0.15) is 53.4 Å². The summed E-state index contributed by atoms with van der Waals surface area (Å²) in [6.45, 7) is 11.5. The average molecular weight is 185 g/mol. The molecule has 0 aliphatic heterocycles. The molecular weight excluding hydrogens is 158 g/mol. The van der Waals surface area contributed by atoms with E-state index in [9.17, 15) is 0 Å². The summed E-state index contributed by atoms with van der Waals surface area (Å²) in [5, 5.41) is 3.47. The summed E-state index contributed by atoms with van der Waals surface area (Å²) in [6, 6.07) is 0. The van der Waals surface area contributed by atoms with Gasteiger partial charge in [0.2, 0.25) is 0 Å². The molecule has 0 aliphatic carbocycles. The molecule has 0 aromatic carbocycles. The van der Waals surface area contributed by atoms with Gasteiger partial charge in [-0.1, -0.05) is 47.0 Å². The highest BCUT2D eigenvalue weighted by molar-refractivity contribution is 4.67. The molecule has 2 unspecified atom stereocenters. The Balaban J connectivity index is 3.72. The second-order valence-electron chi connectivity index (χ2n) is 4.10. The third-order valence-electron chi connectivity index (χ3n) is 3.03. The van der Waals surface area contributed by atoms with Crippen LogP contribution in [0.5, 0.6) is 0 Å². The first kappa shape index (κ1) is 13.0. The van der Waals surface area contributed by atoms with Crippen molar-refractivity contribution < 1.29 is 0 Å². The van der Waals surface area contributed by atoms with Crippen molar-refractivity contribution in [2.75, 3.05) is 13.1 Å². The van der Waals surface area contributed by atoms with Gasteiger partial charge in [-0.05, 0) is 31.3 Å². The van der Waals surface area contributed by atoms with Gasteiger partial charge in [0, 0.05) is 0 Å². The van der Waals surface area contributed by atoms with E-state index in [-0.39, 0.29) is 0 Å². The normalized spacial score (nSPS) is 15.7. The SMILES string of the molecule is CCCCC(CNCC)C(C)CC. The molecule has 0 fully saturated rings. The van der Waals surface area contributed by atoms with E-state index in [1.807, 2.05) is 0 Å². The highest BCUT2D eigenvalue weighted by Crippen LogP contribution is 2.20. The van der Waals surface area contributed by atoms with E-state index < -0.39 is 0 Å². The molecule has 0 rings (SSSR count). The Morgan fingerprint density at radius 3 is 2.31 bits per heavy atom. The average Bonchev–Trinajstić information content (AvgIpc) is 2.17. The standard InChI is InChI=1S/C12H27N/c1-5-8-9-12(10-13-7-3)11(4)6-2/h11-13H,5-10H2,1-4H3. The van der Waals surface area contributed by atoms with Crippen LogP contribution in [0, 0.1) is 11.8 Å². The van der Waals surface area contributed by atoms with Gasteiger partial charge in [0.15, 0.2) is 0 Å². The molecule has 0 saturated carbocycles. The Bertz CT molecular complexity index is 93.3. The van der Waals surface area contributed by atoms with Gasteiger partial charge in [0.1, 0.15) is 0 Å². The Labute approximate surface area is 84.3 Å². The van der Waals surface area contributed by atoms with Gasteiger partial charge in [0.05, 0.1) is 0 Å². The molecule has 0 aromatic heterocycles. The van der Waals surface area contributed by atoms with Gasteiger partial charge in [0.25, 0.3) is 0 Å². The molecule has 1 N–H and O–H groups in total. The smallest absolute Gasteiger partial charge is 0.00181 e. The first-order chi connectivity index (χ1) is 6.26. The van der Waals surface area contributed by atoms with E-state index in [1.54, 1.807) is 0 Å². The van der Waals surface area contributed by atoms with Crippen LogP contribution < -0.4 is 5.32 Å². The predicted molar refractivity (Wildman–Crippen MR) is 61.0 cm³/mol. The molecule has 13 heavy (non-hydrogen) atoms. The van der Waals surface area contributed by atoms with Gasteiger partial charge in [-0.15, -0.1) is 0 Å². The molecule has 0 radical (unpaired) electrons. The van der Waals surface area contributed by atoms with Crippen LogP contribution in [0.3, 0.4) is 0 Å². The summed E-state index contributed by atoms with van der Waals surface area (Å²) in [5.74, 6) is 1.77. The third-order valence-corrected chi connectivity index (χ3v) is 3.03. The maximum absolute atomic E-state index is 3.47. The zero-order valence-electron chi connectivity index (χ0n) is 9.90. The van der Waals surface area contributed by atoms with E-state index in [0.717, 1.165) is 18.4 Å². The molecule has 0 aromatic rings. The van der Waals surface area contributed by atoms with Crippen molar-refractivity contribution in [2.24, 2.45) is 11.8 Å². The predicted octanol–water partition coefficient (Wildman–Crippen LogP) is 3.45. The van der Waals surface area contributed by atoms with Gasteiger partial charge in [-0.2, -0.15) is 0 Å². The molecule has 0 amide bonds. The molecule has 0 spiro atoms. The van der Waals surface area contributed by atoms with E-state index in [0.29, 0.717) is 0 Å². The molecule has 2 atom stereocenters. The number of hydrogen-bond donors (Lipinski definition) is 1. The first-order valence-electron chi connectivity index (χ1n) is 5.96. The number of nitrogens with one attached hydrogen (secondary N) is 1. The second kappa shape index (κ2) is 8.55. The topological polar surface area (TPSA) is 12.0 Å². The molecule has 0 bridgehead atoms. The monoisotopic (exact) mass is 185 g/mol. The minimum Gasteiger partial charge on any atom is -0.317 e. The van der Waals surface area contributed by atoms with Crippen LogP contribution in [-0.4, -0.2) is 13.1 Å². The summed E-state index contributed by atoms with van der Waals surface area (Å²) in [7, 11) is 0. The molecule has 1 nitrogen and oxygen atoms in total. The Morgan fingerprint density at radius 2 is 1.85 bits per heavy atom. The van der Waals surface area contributed by atoms with Gasteiger partial charge in [-0.3, -0.25) is 0 Å². The lowest BCUT2D eigenvalue weighted by atomic mass is 9.87. The lowest BCUT2D eigenvalue weighted by Gasteiger charge is -2.23. The summed E-state index contributed by atoms with van der Waals surface area (Å²) >= 11 is 0. The maximum atomic E-state index is 3.47. The van der Waals surface area contributed by atoms with Crippen molar-refractivity contribution in [1.29, 1.82) is 0 Å². The largest absolute Gasteiger partial charge is 0.317 e. The van der Waals surface area contributed by atoms with Crippen LogP contribution in [-0.2, 0) is 0 Å². The second-order valence-corrected chi connectivity index (χ2v) is 4.10. The van der Waals surface area contributed by atoms with Crippen molar-refractivity contribution in [3.63, 3.8) is 0 Å². The van der Waals surface area contributed by atoms with Crippen molar-refractivity contribution in [2.45, 2.75) is 53.4 Å². The number of hydrogen-bond acceptors (Lipinski definition) is 1. The van der Waals surface area contributed by atoms with Crippen LogP contribution in [0.4, 0.5) is 0 Å². The molecular formula is C12H27N. The fraction of sp³-hybridized carbons (Fsp3) is 1.00. The van der Waals surface area contributed by atoms with Gasteiger partial charge < -0.3 is 5.32 Å². The summed E-state index contributed by atoms with van der Waals surface area (Å²) in [4.78, 5) is 0. The van der Waals surface area contributed by atoms with E-state index in [2.05, 4.69) is 33.0 Å². The first-order valence-corrected chi connectivity index (χ1v) is 5.96. The lowest BCUT2D eigenvalue weighted by molar-refractivity contribution is 0.307. The quantitative estimate of drug-likeness (QED) is 0.611. The lowest BCUT2D eigenvalue weighted by Crippen LogP contribution is -2.26. The van der Waals surface area contributed by atoms with Crippen molar-refractivity contribution in [3.8, 4) is 0 Å². The zero-order chi connectivity index (χ0) is 10.1. The summed E-state index contributed by atoms with van der Waals surface area (Å²) in [6.07, 6.45) is 5.44. The Hall–Kier alpha value is -0.0400. The summed E-state index contributed by atoms with van der Waals surface area (Å²) < 4.78 is 0. The van der Waals surface area contributed by atoms with Crippen LogP contribution in [0.15, 0.2) is 0 Å². The molecule has 80 valence electrons. The van der Waals surface area contributed by atoms with Crippen LogP contribution >= 0.6 is 0 Å². The Morgan fingerprint density at radius 1 is 1.15 bits per heavy atom. The highest BCUT2D eigenvalue weighted by atomic mass is 14.8. The highest BCUT2D eigenvalue weighted by Gasteiger charge is 2.13. The third kappa shape index (κ3) is 6.09. The number of rotatable bonds is 8. The van der Waals surface area contributed by atoms with Crippen molar-refractivity contribution in [1.82, 2.24) is 5.32 Å². The summed E-state index contributed by atoms with van der Waals surface area (Å²) in [5.41, 5.74) is 0.